The van der Waals surface area contributed by atoms with Crippen LogP contribution in [0.25, 0.3) is 0 Å². The van der Waals surface area contributed by atoms with E-state index >= 15 is 0 Å². The van der Waals surface area contributed by atoms with Gasteiger partial charge < -0.3 is 19.9 Å². The van der Waals surface area contributed by atoms with Gasteiger partial charge in [0.25, 0.3) is 5.91 Å². The molecule has 0 bridgehead atoms. The van der Waals surface area contributed by atoms with Crippen molar-refractivity contribution in [1.82, 2.24) is 15.2 Å². The standard InChI is InChI=1S/C23H31N5O4/c1-4-32-23(31)15-9-5-6-10-16(15)24-19(29)13-27-17-11-7-8-12-18(17)28-20(14(2)3)25-26-21(28)22(27)30/h5-6,9-10,14,17-18,21,26H,4,7-8,11-13H2,1-3H3,(H,24,29). The molecule has 9 nitrogen and oxygen atoms in total. The smallest absolute Gasteiger partial charge is 0.340 e. The fourth-order valence-corrected chi connectivity index (χ4v) is 4.96. The van der Waals surface area contributed by atoms with Crippen LogP contribution in [0.1, 0.15) is 56.8 Å². The lowest BCUT2D eigenvalue weighted by Crippen LogP contribution is -2.70. The summed E-state index contributed by atoms with van der Waals surface area (Å²) in [7, 11) is 0. The van der Waals surface area contributed by atoms with Crippen LogP contribution in [0.2, 0.25) is 0 Å². The topological polar surface area (TPSA) is 103 Å². The highest BCUT2D eigenvalue weighted by molar-refractivity contribution is 6.03. The number of hydrogen-bond donors (Lipinski definition) is 2. The van der Waals surface area contributed by atoms with Gasteiger partial charge in [0.2, 0.25) is 5.91 Å². The molecular formula is C23H31N5O4. The molecule has 1 aromatic carbocycles. The predicted molar refractivity (Wildman–Crippen MR) is 120 cm³/mol. The van der Waals surface area contributed by atoms with Gasteiger partial charge in [-0.25, -0.2) is 4.79 Å². The molecule has 0 aromatic heterocycles. The van der Waals surface area contributed by atoms with E-state index in [0.717, 1.165) is 31.5 Å². The molecule has 9 heteroatoms. The Labute approximate surface area is 188 Å². The molecule has 4 rings (SSSR count). The lowest BCUT2D eigenvalue weighted by atomic mass is 9.85. The molecule has 3 aliphatic rings. The monoisotopic (exact) mass is 441 g/mol. The summed E-state index contributed by atoms with van der Waals surface area (Å²) in [4.78, 5) is 42.4. The molecule has 1 aliphatic carbocycles. The van der Waals surface area contributed by atoms with E-state index in [-0.39, 0.29) is 43.0 Å². The second-order valence-corrected chi connectivity index (χ2v) is 8.76. The van der Waals surface area contributed by atoms with E-state index in [1.54, 1.807) is 36.1 Å². The molecule has 1 saturated carbocycles. The Balaban J connectivity index is 1.52. The summed E-state index contributed by atoms with van der Waals surface area (Å²) in [6, 6.07) is 6.84. The third-order valence-electron chi connectivity index (χ3n) is 6.34. The van der Waals surface area contributed by atoms with Crippen molar-refractivity contribution in [3.8, 4) is 0 Å². The third-order valence-corrected chi connectivity index (χ3v) is 6.34. The Hall–Kier alpha value is -3.10. The first-order valence-electron chi connectivity index (χ1n) is 11.4. The zero-order valence-electron chi connectivity index (χ0n) is 18.8. The van der Waals surface area contributed by atoms with Crippen molar-refractivity contribution in [3.05, 3.63) is 29.8 Å². The number of para-hydroxylation sites is 1. The highest BCUT2D eigenvalue weighted by Crippen LogP contribution is 2.35. The summed E-state index contributed by atoms with van der Waals surface area (Å²) in [5.41, 5.74) is 3.67. The number of carbonyl (C=O) groups excluding carboxylic acids is 3. The first-order valence-corrected chi connectivity index (χ1v) is 11.4. The van der Waals surface area contributed by atoms with Crippen LogP contribution in [0.3, 0.4) is 0 Å². The molecule has 1 saturated heterocycles. The summed E-state index contributed by atoms with van der Waals surface area (Å²) in [5, 5.41) is 7.25. The molecule has 3 unspecified atom stereocenters. The molecule has 0 radical (unpaired) electrons. The first kappa shape index (κ1) is 22.1. The normalized spacial score (nSPS) is 24.4. The van der Waals surface area contributed by atoms with Crippen LogP contribution in [0, 0.1) is 5.92 Å². The number of rotatable bonds is 6. The quantitative estimate of drug-likeness (QED) is 0.656. The number of carbonyl (C=O) groups is 3. The van der Waals surface area contributed by atoms with E-state index in [4.69, 9.17) is 4.74 Å². The van der Waals surface area contributed by atoms with Gasteiger partial charge in [-0.1, -0.05) is 38.8 Å². The van der Waals surface area contributed by atoms with Crippen LogP contribution in [0.15, 0.2) is 29.4 Å². The number of nitrogens with zero attached hydrogens (tertiary/aromatic N) is 3. The number of piperazine rings is 1. The lowest BCUT2D eigenvalue weighted by Gasteiger charge is -2.51. The summed E-state index contributed by atoms with van der Waals surface area (Å²) in [6.07, 6.45) is 3.38. The molecule has 2 amide bonds. The average molecular weight is 442 g/mol. The SMILES string of the molecule is CCOC(=O)c1ccccc1NC(=O)CN1C(=O)C2NN=C(C(C)C)N2C2CCCCC21. The minimum atomic E-state index is -0.564. The van der Waals surface area contributed by atoms with Gasteiger partial charge in [0.15, 0.2) is 6.17 Å². The number of ether oxygens (including phenoxy) is 1. The Kier molecular flexibility index (Phi) is 6.34. The van der Waals surface area contributed by atoms with E-state index in [0.29, 0.717) is 11.3 Å². The van der Waals surface area contributed by atoms with Gasteiger partial charge in [-0.05, 0) is 31.9 Å². The second kappa shape index (κ2) is 9.18. The van der Waals surface area contributed by atoms with Crippen molar-refractivity contribution in [1.29, 1.82) is 0 Å². The Bertz CT molecular complexity index is 931. The number of nitrogens with one attached hydrogen (secondary N) is 2. The van der Waals surface area contributed by atoms with Gasteiger partial charge >= 0.3 is 5.97 Å². The molecule has 1 aromatic rings. The maximum Gasteiger partial charge on any atom is 0.340 e. The molecule has 32 heavy (non-hydrogen) atoms. The molecular weight excluding hydrogens is 410 g/mol. The van der Waals surface area contributed by atoms with Crippen LogP contribution >= 0.6 is 0 Å². The van der Waals surface area contributed by atoms with Gasteiger partial charge in [-0.2, -0.15) is 5.10 Å². The molecule has 2 aliphatic heterocycles. The fourth-order valence-electron chi connectivity index (χ4n) is 4.96. The van der Waals surface area contributed by atoms with Crippen LogP contribution in [-0.2, 0) is 14.3 Å². The number of esters is 1. The van der Waals surface area contributed by atoms with Crippen LogP contribution < -0.4 is 10.7 Å². The van der Waals surface area contributed by atoms with E-state index in [1.807, 2.05) is 0 Å². The molecule has 2 heterocycles. The maximum atomic E-state index is 13.4. The number of hydrazone groups is 1. The van der Waals surface area contributed by atoms with Crippen molar-refractivity contribution < 1.29 is 19.1 Å². The molecule has 172 valence electrons. The van der Waals surface area contributed by atoms with Gasteiger partial charge in [0.1, 0.15) is 12.4 Å². The van der Waals surface area contributed by atoms with Crippen LogP contribution in [-0.4, -0.2) is 64.8 Å². The first-order chi connectivity index (χ1) is 15.4. The van der Waals surface area contributed by atoms with Crippen molar-refractivity contribution in [2.24, 2.45) is 11.0 Å². The van der Waals surface area contributed by atoms with E-state index in [1.165, 1.54) is 0 Å². The van der Waals surface area contributed by atoms with E-state index in [9.17, 15) is 14.4 Å². The minimum Gasteiger partial charge on any atom is -0.462 e. The molecule has 0 spiro atoms. The van der Waals surface area contributed by atoms with Crippen LogP contribution in [0.4, 0.5) is 5.69 Å². The predicted octanol–water partition coefficient (Wildman–Crippen LogP) is 2.16. The summed E-state index contributed by atoms with van der Waals surface area (Å²) >= 11 is 0. The van der Waals surface area contributed by atoms with Crippen molar-refractivity contribution in [2.45, 2.75) is 64.7 Å². The average Bonchev–Trinajstić information content (AvgIpc) is 3.23. The molecule has 2 N–H and O–H groups in total. The van der Waals surface area contributed by atoms with Crippen molar-refractivity contribution in [3.63, 3.8) is 0 Å². The minimum absolute atomic E-state index is 0.0394. The number of amidine groups is 1. The highest BCUT2D eigenvalue weighted by Gasteiger charge is 2.51. The Morgan fingerprint density at radius 2 is 1.94 bits per heavy atom. The summed E-state index contributed by atoms with van der Waals surface area (Å²) in [6.45, 7) is 6.06. The number of hydrogen-bond acceptors (Lipinski definition) is 7. The summed E-state index contributed by atoms with van der Waals surface area (Å²) < 4.78 is 5.08. The fraction of sp³-hybridized carbons (Fsp3) is 0.565. The Morgan fingerprint density at radius 3 is 2.66 bits per heavy atom. The van der Waals surface area contributed by atoms with Gasteiger partial charge in [-0.15, -0.1) is 0 Å². The van der Waals surface area contributed by atoms with Crippen molar-refractivity contribution >= 4 is 29.3 Å². The number of fused-ring (bicyclic) bond motifs is 3. The van der Waals surface area contributed by atoms with E-state index < -0.39 is 12.1 Å². The summed E-state index contributed by atoms with van der Waals surface area (Å²) in [5.74, 6) is 0.149. The zero-order valence-corrected chi connectivity index (χ0v) is 18.8. The third kappa shape index (κ3) is 4.03. The number of anilines is 1. The van der Waals surface area contributed by atoms with Gasteiger partial charge in [0, 0.05) is 5.92 Å². The lowest BCUT2D eigenvalue weighted by molar-refractivity contribution is -0.151. The van der Waals surface area contributed by atoms with E-state index in [2.05, 4.69) is 34.6 Å². The Morgan fingerprint density at radius 1 is 1.22 bits per heavy atom. The van der Waals surface area contributed by atoms with Crippen molar-refractivity contribution in [2.75, 3.05) is 18.5 Å². The maximum absolute atomic E-state index is 13.4. The molecule has 3 atom stereocenters. The van der Waals surface area contributed by atoms with Gasteiger partial charge in [0.05, 0.1) is 29.9 Å². The highest BCUT2D eigenvalue weighted by atomic mass is 16.5. The van der Waals surface area contributed by atoms with Crippen LogP contribution in [0.5, 0.6) is 0 Å². The number of amides is 2. The largest absolute Gasteiger partial charge is 0.462 e. The van der Waals surface area contributed by atoms with Gasteiger partial charge in [-0.3, -0.25) is 15.0 Å². The number of benzene rings is 1. The zero-order chi connectivity index (χ0) is 22.8. The second-order valence-electron chi connectivity index (χ2n) is 8.76. The molecule has 2 fully saturated rings.